The molecule has 0 saturated heterocycles. The van der Waals surface area contributed by atoms with E-state index in [4.69, 9.17) is 0 Å². The van der Waals surface area contributed by atoms with Gasteiger partial charge >= 0.3 is 5.97 Å². The van der Waals surface area contributed by atoms with Crippen molar-refractivity contribution in [3.63, 3.8) is 0 Å². The van der Waals surface area contributed by atoms with Crippen molar-refractivity contribution in [2.45, 2.75) is 13.0 Å². The highest BCUT2D eigenvalue weighted by Gasteiger charge is 2.26. The van der Waals surface area contributed by atoms with Crippen LogP contribution in [0.15, 0.2) is 40.6 Å². The molecule has 0 bridgehead atoms. The van der Waals surface area contributed by atoms with Crippen molar-refractivity contribution in [3.05, 3.63) is 30.3 Å². The third-order valence-corrected chi connectivity index (χ3v) is 1.93. The Morgan fingerprint density at radius 3 is 2.56 bits per heavy atom. The lowest BCUT2D eigenvalue weighted by molar-refractivity contribution is -0.154. The highest BCUT2D eigenvalue weighted by Crippen LogP contribution is 2.11. The number of carbonyl (C=O) groups is 3. The fraction of sp³-hybridized carbons (Fsp3) is 0.250. The fourth-order valence-electron chi connectivity index (χ4n) is 1.09. The summed E-state index contributed by atoms with van der Waals surface area (Å²) in [5.41, 5.74) is 0.487. The van der Waals surface area contributed by atoms with E-state index in [-0.39, 0.29) is 12.9 Å². The predicted octanol–water partition coefficient (Wildman–Crippen LogP) is 1.47. The number of nitrogens with zero attached hydrogens (tertiary/aromatic N) is 2. The minimum absolute atomic E-state index is 0.0615. The molecule has 0 radical (unpaired) electrons. The largest absolute Gasteiger partial charge is 0.460 e. The number of ketones is 1. The number of Topliss-reactive ketones (excluding diaryl/α,β-unsaturated/α-hetero) is 1. The summed E-state index contributed by atoms with van der Waals surface area (Å²) in [5, 5.41) is 7.23. The van der Waals surface area contributed by atoms with E-state index in [0.717, 1.165) is 0 Å². The monoisotopic (exact) mass is 248 g/mol. The fourth-order valence-corrected chi connectivity index (χ4v) is 1.09. The molecule has 0 spiro atoms. The third-order valence-electron chi connectivity index (χ3n) is 1.93. The van der Waals surface area contributed by atoms with Gasteiger partial charge in [0, 0.05) is 0 Å². The zero-order valence-corrected chi connectivity index (χ0v) is 9.78. The van der Waals surface area contributed by atoms with Crippen molar-refractivity contribution in [2.24, 2.45) is 10.2 Å². The normalized spacial score (nSPS) is 12.1. The van der Waals surface area contributed by atoms with E-state index >= 15 is 0 Å². The van der Waals surface area contributed by atoms with Crippen LogP contribution in [0, 0.1) is 0 Å². The van der Waals surface area contributed by atoms with E-state index in [2.05, 4.69) is 15.0 Å². The van der Waals surface area contributed by atoms with Crippen molar-refractivity contribution in [3.8, 4) is 0 Å². The Labute approximate surface area is 104 Å². The summed E-state index contributed by atoms with van der Waals surface area (Å²) >= 11 is 0. The first kappa shape index (κ1) is 13.7. The Hall–Kier alpha value is -2.37. The second-order valence-electron chi connectivity index (χ2n) is 3.22. The molecule has 0 heterocycles. The zero-order valence-electron chi connectivity index (χ0n) is 9.78. The van der Waals surface area contributed by atoms with E-state index in [1.54, 1.807) is 37.3 Å². The number of esters is 1. The van der Waals surface area contributed by atoms with Crippen LogP contribution in [-0.2, 0) is 19.1 Å². The minimum atomic E-state index is -1.45. The SMILES string of the molecule is CCOC(=O)C(=O)C(C=O)N=Nc1ccccc1. The molecule has 0 aromatic heterocycles. The number of rotatable bonds is 6. The summed E-state index contributed by atoms with van der Waals surface area (Å²) in [6.07, 6.45) is 0.256. The molecular weight excluding hydrogens is 236 g/mol. The molecule has 6 nitrogen and oxygen atoms in total. The van der Waals surface area contributed by atoms with Crippen LogP contribution in [0.5, 0.6) is 0 Å². The Balaban J connectivity index is 2.73. The molecule has 1 rings (SSSR count). The highest BCUT2D eigenvalue weighted by molar-refractivity contribution is 6.38. The molecule has 0 N–H and O–H groups in total. The molecule has 0 fully saturated rings. The molecule has 0 aliphatic carbocycles. The average Bonchev–Trinajstić information content (AvgIpc) is 2.40. The van der Waals surface area contributed by atoms with Gasteiger partial charge in [0.1, 0.15) is 0 Å². The summed E-state index contributed by atoms with van der Waals surface area (Å²) in [4.78, 5) is 33.2. The van der Waals surface area contributed by atoms with Crippen LogP contribution in [0.25, 0.3) is 0 Å². The van der Waals surface area contributed by atoms with Gasteiger partial charge in [-0.15, -0.1) is 0 Å². The van der Waals surface area contributed by atoms with Crippen LogP contribution in [0.2, 0.25) is 0 Å². The topological polar surface area (TPSA) is 85.2 Å². The molecular formula is C12H12N2O4. The van der Waals surface area contributed by atoms with Crippen LogP contribution >= 0.6 is 0 Å². The molecule has 94 valence electrons. The first-order valence-electron chi connectivity index (χ1n) is 5.31. The lowest BCUT2D eigenvalue weighted by Gasteiger charge is -2.02. The number of aldehydes is 1. The standard InChI is InChI=1S/C12H12N2O4/c1-2-18-12(17)11(16)10(8-15)14-13-9-6-4-3-5-7-9/h3-8,10H,2H2,1H3. The first-order chi connectivity index (χ1) is 8.69. The maximum atomic E-state index is 11.4. The summed E-state index contributed by atoms with van der Waals surface area (Å²) in [7, 11) is 0. The quantitative estimate of drug-likeness (QED) is 0.251. The van der Waals surface area contributed by atoms with Crippen molar-refractivity contribution >= 4 is 23.7 Å². The smallest absolute Gasteiger partial charge is 0.377 e. The zero-order chi connectivity index (χ0) is 13.4. The molecule has 1 aromatic rings. The van der Waals surface area contributed by atoms with Gasteiger partial charge in [0.15, 0.2) is 12.3 Å². The lowest BCUT2D eigenvalue weighted by Crippen LogP contribution is -2.29. The van der Waals surface area contributed by atoms with Crippen LogP contribution in [0.4, 0.5) is 5.69 Å². The van der Waals surface area contributed by atoms with Crippen molar-refractivity contribution < 1.29 is 19.1 Å². The van der Waals surface area contributed by atoms with E-state index in [0.29, 0.717) is 5.69 Å². The number of carbonyl (C=O) groups excluding carboxylic acids is 3. The van der Waals surface area contributed by atoms with Gasteiger partial charge in [0.05, 0.1) is 12.3 Å². The molecule has 1 unspecified atom stereocenters. The summed E-state index contributed by atoms with van der Waals surface area (Å²) in [6.45, 7) is 1.62. The van der Waals surface area contributed by atoms with Gasteiger partial charge in [0.2, 0.25) is 0 Å². The van der Waals surface area contributed by atoms with Gasteiger partial charge in [0.25, 0.3) is 5.78 Å². The van der Waals surface area contributed by atoms with Gasteiger partial charge in [-0.05, 0) is 19.1 Å². The van der Waals surface area contributed by atoms with Crippen LogP contribution in [0.3, 0.4) is 0 Å². The third kappa shape index (κ3) is 3.89. The van der Waals surface area contributed by atoms with Crippen molar-refractivity contribution in [1.82, 2.24) is 0 Å². The molecule has 0 saturated carbocycles. The van der Waals surface area contributed by atoms with Crippen LogP contribution in [-0.4, -0.2) is 30.7 Å². The number of azo groups is 1. The lowest BCUT2D eigenvalue weighted by atomic mass is 10.2. The number of hydrogen-bond acceptors (Lipinski definition) is 6. The Kier molecular flexibility index (Phi) is 5.37. The van der Waals surface area contributed by atoms with Crippen molar-refractivity contribution in [1.29, 1.82) is 0 Å². The maximum Gasteiger partial charge on any atom is 0.377 e. The summed E-state index contributed by atoms with van der Waals surface area (Å²) in [6, 6.07) is 7.11. The van der Waals surface area contributed by atoms with Gasteiger partial charge < -0.3 is 9.53 Å². The first-order valence-corrected chi connectivity index (χ1v) is 5.31. The maximum absolute atomic E-state index is 11.4. The molecule has 0 aliphatic rings. The minimum Gasteiger partial charge on any atom is -0.460 e. The Morgan fingerprint density at radius 1 is 1.33 bits per heavy atom. The number of ether oxygens (including phenoxy) is 1. The Bertz CT molecular complexity index is 456. The van der Waals surface area contributed by atoms with E-state index < -0.39 is 17.8 Å². The average molecular weight is 248 g/mol. The highest BCUT2D eigenvalue weighted by atomic mass is 16.5. The summed E-state index contributed by atoms with van der Waals surface area (Å²) < 4.78 is 4.49. The van der Waals surface area contributed by atoms with Crippen LogP contribution < -0.4 is 0 Å². The molecule has 6 heteroatoms. The van der Waals surface area contributed by atoms with Gasteiger partial charge in [-0.3, -0.25) is 4.79 Å². The molecule has 0 amide bonds. The number of hydrogen-bond donors (Lipinski definition) is 0. The molecule has 18 heavy (non-hydrogen) atoms. The number of benzene rings is 1. The Morgan fingerprint density at radius 2 is 2.00 bits per heavy atom. The molecule has 0 aliphatic heterocycles. The van der Waals surface area contributed by atoms with E-state index in [1.807, 2.05) is 0 Å². The predicted molar refractivity (Wildman–Crippen MR) is 62.5 cm³/mol. The summed E-state index contributed by atoms with van der Waals surface area (Å²) in [5.74, 6) is -2.10. The van der Waals surface area contributed by atoms with Gasteiger partial charge in [-0.25, -0.2) is 4.79 Å². The second kappa shape index (κ2) is 7.05. The van der Waals surface area contributed by atoms with Crippen LogP contribution in [0.1, 0.15) is 6.92 Å². The van der Waals surface area contributed by atoms with Gasteiger partial charge in [-0.1, -0.05) is 18.2 Å². The molecule has 1 atom stereocenters. The van der Waals surface area contributed by atoms with E-state index in [1.165, 1.54) is 0 Å². The van der Waals surface area contributed by atoms with Crippen molar-refractivity contribution in [2.75, 3.05) is 6.61 Å². The molecule has 1 aromatic carbocycles. The second-order valence-corrected chi connectivity index (χ2v) is 3.22. The van der Waals surface area contributed by atoms with E-state index in [9.17, 15) is 14.4 Å². The van der Waals surface area contributed by atoms with Gasteiger partial charge in [-0.2, -0.15) is 10.2 Å².